The van der Waals surface area contributed by atoms with Crippen LogP contribution in [0.5, 0.6) is 0 Å². The van der Waals surface area contributed by atoms with Crippen LogP contribution in [0.25, 0.3) is 33.6 Å². The fraction of sp³-hybridized carbons (Fsp3) is 0. The summed E-state index contributed by atoms with van der Waals surface area (Å²) >= 11 is 0. The van der Waals surface area contributed by atoms with Crippen LogP contribution in [0.2, 0.25) is 0 Å². The fourth-order valence-corrected chi connectivity index (χ4v) is 6.31. The number of nitrogens with one attached hydrogen (secondary N) is 2. The number of aromatic amines is 2. The second-order valence-electron chi connectivity index (χ2n) is 11.4. The van der Waals surface area contributed by atoms with Crippen LogP contribution < -0.4 is 0 Å². The maximum absolute atomic E-state index is 14.6. The molecule has 8 nitrogen and oxygen atoms in total. The number of nitrogens with zero attached hydrogens (tertiary/aromatic N) is 2. The Morgan fingerprint density at radius 3 is 1.06 bits per heavy atom. The first-order valence-corrected chi connectivity index (χ1v) is 15.4. The summed E-state index contributed by atoms with van der Waals surface area (Å²) < 4.78 is 0. The highest BCUT2D eigenvalue weighted by atomic mass is 16.2. The Morgan fingerprint density at radius 2 is 0.729 bits per heavy atom. The van der Waals surface area contributed by atoms with Gasteiger partial charge in [-0.2, -0.15) is 0 Å². The quantitative estimate of drug-likeness (QED) is 0.191. The second kappa shape index (κ2) is 11.5. The third-order valence-electron chi connectivity index (χ3n) is 8.60. The summed E-state index contributed by atoms with van der Waals surface area (Å²) in [6.45, 7) is 0. The minimum atomic E-state index is -0.691. The van der Waals surface area contributed by atoms with E-state index in [1.807, 2.05) is 84.9 Å². The van der Waals surface area contributed by atoms with Gasteiger partial charge in [0.25, 0.3) is 23.6 Å². The van der Waals surface area contributed by atoms with Crippen molar-refractivity contribution in [2.45, 2.75) is 0 Å². The first-order chi connectivity index (χ1) is 23.5. The molecule has 0 unspecified atom stereocenters. The molecule has 0 fully saturated rings. The van der Waals surface area contributed by atoms with Gasteiger partial charge in [-0.05, 0) is 57.6 Å². The van der Waals surface area contributed by atoms with Crippen molar-refractivity contribution in [3.63, 3.8) is 0 Å². The maximum atomic E-state index is 14.6. The molecule has 0 bridgehead atoms. The molecule has 0 saturated carbocycles. The molecule has 230 valence electrons. The van der Waals surface area contributed by atoms with Crippen molar-refractivity contribution in [2.24, 2.45) is 0 Å². The molecule has 2 aliphatic rings. The van der Waals surface area contributed by atoms with Crippen LogP contribution in [0.3, 0.4) is 0 Å². The minimum Gasteiger partial charge on any atom is -0.357 e. The van der Waals surface area contributed by atoms with Gasteiger partial charge < -0.3 is 9.97 Å². The molecule has 6 aromatic rings. The van der Waals surface area contributed by atoms with E-state index in [-0.39, 0.29) is 33.9 Å². The minimum absolute atomic E-state index is 0.00518. The molecule has 2 N–H and O–H groups in total. The number of carbonyl (C=O) groups is 4. The van der Waals surface area contributed by atoms with Crippen LogP contribution in [0.15, 0.2) is 157 Å². The zero-order valence-electron chi connectivity index (χ0n) is 25.4. The largest absolute Gasteiger partial charge is 0.357 e. The van der Waals surface area contributed by atoms with E-state index >= 15 is 0 Å². The van der Waals surface area contributed by atoms with Crippen molar-refractivity contribution in [1.82, 2.24) is 19.8 Å². The molecule has 48 heavy (non-hydrogen) atoms. The number of H-pyrrole nitrogens is 2. The first-order valence-electron chi connectivity index (χ1n) is 15.4. The summed E-state index contributed by atoms with van der Waals surface area (Å²) in [5.74, 6) is -2.61. The Hall–Kier alpha value is -6.80. The van der Waals surface area contributed by atoms with Gasteiger partial charge in [0, 0.05) is 12.4 Å². The number of fused-ring (bicyclic) bond motifs is 1. The molecule has 4 aromatic carbocycles. The highest BCUT2D eigenvalue weighted by Gasteiger charge is 2.52. The van der Waals surface area contributed by atoms with Crippen LogP contribution in [0, 0.1) is 0 Å². The van der Waals surface area contributed by atoms with Crippen LogP contribution in [-0.2, 0) is 9.59 Å². The lowest BCUT2D eigenvalue weighted by atomic mass is 9.98. The Balaban J connectivity index is 1.34. The third kappa shape index (κ3) is 4.63. The van der Waals surface area contributed by atoms with E-state index in [9.17, 15) is 19.2 Å². The van der Waals surface area contributed by atoms with Gasteiger partial charge in [0.2, 0.25) is 0 Å². The number of carbonyl (C=O) groups excluding carboxylic acids is 4. The molecule has 0 radical (unpaired) electrons. The van der Waals surface area contributed by atoms with Crippen molar-refractivity contribution in [1.29, 1.82) is 0 Å². The molecule has 2 aromatic heterocycles. The highest BCUT2D eigenvalue weighted by Crippen LogP contribution is 2.47. The van der Waals surface area contributed by atoms with Gasteiger partial charge in [-0.25, -0.2) is 9.80 Å². The van der Waals surface area contributed by atoms with Crippen molar-refractivity contribution >= 4 is 35.0 Å². The summed E-state index contributed by atoms with van der Waals surface area (Å²) in [6, 6.07) is 40.7. The summed E-state index contributed by atoms with van der Waals surface area (Å²) in [4.78, 5) is 65.0. The van der Waals surface area contributed by atoms with Gasteiger partial charge in [-0.15, -0.1) is 0 Å². The topological polar surface area (TPSA) is 106 Å². The lowest BCUT2D eigenvalue weighted by Gasteiger charge is -2.23. The smallest absolute Gasteiger partial charge is 0.281 e. The average Bonchev–Trinajstić information content (AvgIpc) is 3.96. The zero-order chi connectivity index (χ0) is 32.8. The van der Waals surface area contributed by atoms with Gasteiger partial charge in [-0.1, -0.05) is 109 Å². The summed E-state index contributed by atoms with van der Waals surface area (Å²) in [5.41, 5.74) is 5.40. The van der Waals surface area contributed by atoms with Crippen molar-refractivity contribution in [2.75, 3.05) is 0 Å². The summed E-state index contributed by atoms with van der Waals surface area (Å²) in [6.07, 6.45) is 3.19. The molecule has 2 aliphatic heterocycles. The molecule has 8 rings (SSSR count). The fourth-order valence-electron chi connectivity index (χ4n) is 6.31. The lowest BCUT2D eigenvalue weighted by molar-refractivity contribution is -0.122. The molecule has 0 atom stereocenters. The zero-order valence-corrected chi connectivity index (χ0v) is 25.4. The van der Waals surface area contributed by atoms with Gasteiger partial charge in [0.05, 0.1) is 22.5 Å². The highest BCUT2D eigenvalue weighted by molar-refractivity contribution is 6.37. The van der Waals surface area contributed by atoms with Crippen LogP contribution >= 0.6 is 0 Å². The van der Waals surface area contributed by atoms with E-state index in [4.69, 9.17) is 0 Å². The third-order valence-corrected chi connectivity index (χ3v) is 8.60. The predicted octanol–water partition coefficient (Wildman–Crippen LogP) is 7.16. The lowest BCUT2D eigenvalue weighted by Crippen LogP contribution is -2.36. The standard InChI is InChI=1S/C40H26N4O4/c45-37(31-13-7-23-41-31)43-35(29-19-15-27(16-20-29)25-9-3-1-4-10-25)33-34(40(43)48)36(44(39(33)47)38(46)32-14-8-24-42-32)30-21-17-28(18-22-30)26-11-5-2-6-12-26/h1-24,41-42H. The van der Waals surface area contributed by atoms with E-state index < -0.39 is 23.6 Å². The first kappa shape index (κ1) is 28.7. The van der Waals surface area contributed by atoms with Gasteiger partial charge >= 0.3 is 0 Å². The maximum Gasteiger partial charge on any atom is 0.281 e. The number of amides is 4. The van der Waals surface area contributed by atoms with Gasteiger partial charge in [0.1, 0.15) is 11.4 Å². The van der Waals surface area contributed by atoms with Gasteiger partial charge in [-0.3, -0.25) is 19.2 Å². The predicted molar refractivity (Wildman–Crippen MR) is 182 cm³/mol. The number of aromatic nitrogens is 2. The number of hydrogen-bond acceptors (Lipinski definition) is 4. The van der Waals surface area contributed by atoms with Crippen molar-refractivity contribution in [3.05, 3.63) is 180 Å². The van der Waals surface area contributed by atoms with E-state index in [1.165, 1.54) is 0 Å². The number of imide groups is 2. The van der Waals surface area contributed by atoms with Gasteiger partial charge in [0.15, 0.2) is 0 Å². The van der Waals surface area contributed by atoms with E-state index in [2.05, 4.69) is 9.97 Å². The molecule has 4 heterocycles. The van der Waals surface area contributed by atoms with Crippen LogP contribution in [0.4, 0.5) is 0 Å². The van der Waals surface area contributed by atoms with Crippen LogP contribution in [0.1, 0.15) is 32.1 Å². The number of hydrogen-bond donors (Lipinski definition) is 2. The Morgan fingerprint density at radius 1 is 0.396 bits per heavy atom. The Kier molecular flexibility index (Phi) is 6.88. The molecule has 4 amide bonds. The molecular formula is C40H26N4O4. The molecule has 0 spiro atoms. The number of benzene rings is 4. The Labute approximate surface area is 275 Å². The number of rotatable bonds is 6. The van der Waals surface area contributed by atoms with E-state index in [0.29, 0.717) is 11.1 Å². The van der Waals surface area contributed by atoms with Crippen molar-refractivity contribution in [3.8, 4) is 22.3 Å². The average molecular weight is 627 g/mol. The normalized spacial score (nSPS) is 14.2. The van der Waals surface area contributed by atoms with E-state index in [1.54, 1.807) is 60.9 Å². The second-order valence-corrected chi connectivity index (χ2v) is 11.4. The van der Waals surface area contributed by atoms with E-state index in [0.717, 1.165) is 32.1 Å². The van der Waals surface area contributed by atoms with Crippen molar-refractivity contribution < 1.29 is 19.2 Å². The molecule has 0 saturated heterocycles. The molecular weight excluding hydrogens is 600 g/mol. The SMILES string of the molecule is O=C1C2=C(c3ccc(-c4ccccc4)cc3)N(C(=O)c3ccc[nH]3)C(=O)C2=C(c2ccc(-c3ccccc3)cc2)N1C(=O)c1ccc[nH]1. The Bertz CT molecular complexity index is 2100. The van der Waals surface area contributed by atoms with Crippen LogP contribution in [-0.4, -0.2) is 43.4 Å². The summed E-state index contributed by atoms with van der Waals surface area (Å²) in [5, 5.41) is 0. The molecule has 0 aliphatic carbocycles. The molecule has 8 heteroatoms. The monoisotopic (exact) mass is 626 g/mol. The summed E-state index contributed by atoms with van der Waals surface area (Å²) in [7, 11) is 0.